The zero-order chi connectivity index (χ0) is 13.1. The van der Waals surface area contributed by atoms with E-state index in [0.717, 1.165) is 6.54 Å². The van der Waals surface area contributed by atoms with Crippen LogP contribution in [0.3, 0.4) is 0 Å². The first-order valence-corrected chi connectivity index (χ1v) is 5.86. The Morgan fingerprint density at radius 2 is 2.22 bits per heavy atom. The van der Waals surface area contributed by atoms with Gasteiger partial charge in [-0.1, -0.05) is 12.1 Å². The molecule has 0 unspecified atom stereocenters. The zero-order valence-electron chi connectivity index (χ0n) is 10.1. The third-order valence-corrected chi connectivity index (χ3v) is 3.09. The van der Waals surface area contributed by atoms with Crippen LogP contribution in [0, 0.1) is 10.1 Å². The molecule has 1 heterocycles. The summed E-state index contributed by atoms with van der Waals surface area (Å²) in [4.78, 5) is 24.4. The van der Waals surface area contributed by atoms with Crippen molar-refractivity contribution in [1.82, 2.24) is 10.2 Å². The highest BCUT2D eigenvalue weighted by Gasteiger charge is 2.28. The van der Waals surface area contributed by atoms with Gasteiger partial charge in [0.25, 0.3) is 11.6 Å². The Kier molecular flexibility index (Phi) is 3.57. The first-order valence-electron chi connectivity index (χ1n) is 5.86. The molecule has 1 amide bonds. The number of carbonyl (C=O) groups is 1. The number of nitro benzene ring substituents is 1. The lowest BCUT2D eigenvalue weighted by atomic mass is 10.1. The third kappa shape index (κ3) is 2.33. The standard InChI is InChI=1S/C12H15N3O3/c1-9-8-13-6-7-14(9)12(16)10-4-2-3-5-11(10)15(17)18/h2-5,9,13H,6-8H2,1H3/t9-/m1/s1. The van der Waals surface area contributed by atoms with Crippen molar-refractivity contribution in [2.45, 2.75) is 13.0 Å². The highest BCUT2D eigenvalue weighted by molar-refractivity contribution is 5.98. The van der Waals surface area contributed by atoms with E-state index in [1.807, 2.05) is 6.92 Å². The molecule has 0 bridgehead atoms. The second kappa shape index (κ2) is 5.14. The van der Waals surface area contributed by atoms with E-state index in [2.05, 4.69) is 5.32 Å². The SMILES string of the molecule is C[C@@H]1CNCCN1C(=O)c1ccccc1[N+](=O)[O-]. The van der Waals surface area contributed by atoms with Gasteiger partial charge in [-0.15, -0.1) is 0 Å². The number of carbonyl (C=O) groups excluding carboxylic acids is 1. The van der Waals surface area contributed by atoms with Gasteiger partial charge < -0.3 is 10.2 Å². The Morgan fingerprint density at radius 1 is 1.50 bits per heavy atom. The molecule has 0 radical (unpaired) electrons. The van der Waals surface area contributed by atoms with Crippen LogP contribution in [-0.4, -0.2) is 41.4 Å². The van der Waals surface area contributed by atoms with Crippen molar-refractivity contribution in [2.75, 3.05) is 19.6 Å². The smallest absolute Gasteiger partial charge is 0.282 e. The summed E-state index contributed by atoms with van der Waals surface area (Å²) >= 11 is 0. The van der Waals surface area contributed by atoms with Gasteiger partial charge in [-0.3, -0.25) is 14.9 Å². The normalized spacial score (nSPS) is 19.6. The van der Waals surface area contributed by atoms with Crippen LogP contribution in [0.1, 0.15) is 17.3 Å². The predicted octanol–water partition coefficient (Wildman–Crippen LogP) is 1.03. The van der Waals surface area contributed by atoms with Gasteiger partial charge in [0.15, 0.2) is 0 Å². The number of nitrogens with zero attached hydrogens (tertiary/aromatic N) is 2. The van der Waals surface area contributed by atoms with Gasteiger partial charge in [0.1, 0.15) is 5.56 Å². The molecule has 1 aliphatic heterocycles. The van der Waals surface area contributed by atoms with Gasteiger partial charge in [-0.25, -0.2) is 0 Å². The molecule has 1 aromatic carbocycles. The summed E-state index contributed by atoms with van der Waals surface area (Å²) in [6.07, 6.45) is 0. The molecular weight excluding hydrogens is 234 g/mol. The number of piperazine rings is 1. The van der Waals surface area contributed by atoms with Crippen molar-refractivity contribution in [3.8, 4) is 0 Å². The predicted molar refractivity (Wildman–Crippen MR) is 66.5 cm³/mol. The summed E-state index contributed by atoms with van der Waals surface area (Å²) in [5.74, 6) is -0.267. The van der Waals surface area contributed by atoms with Crippen molar-refractivity contribution in [3.05, 3.63) is 39.9 Å². The van der Waals surface area contributed by atoms with E-state index in [1.165, 1.54) is 12.1 Å². The molecule has 1 fully saturated rings. The molecule has 0 aliphatic carbocycles. The molecule has 2 rings (SSSR count). The van der Waals surface area contributed by atoms with E-state index in [9.17, 15) is 14.9 Å². The zero-order valence-corrected chi connectivity index (χ0v) is 10.1. The average molecular weight is 249 g/mol. The second-order valence-electron chi connectivity index (χ2n) is 4.33. The van der Waals surface area contributed by atoms with Crippen LogP contribution in [-0.2, 0) is 0 Å². The molecule has 1 aromatic rings. The summed E-state index contributed by atoms with van der Waals surface area (Å²) in [6, 6.07) is 6.13. The molecule has 18 heavy (non-hydrogen) atoms. The van der Waals surface area contributed by atoms with Crippen molar-refractivity contribution in [3.63, 3.8) is 0 Å². The van der Waals surface area contributed by atoms with Crippen molar-refractivity contribution in [2.24, 2.45) is 0 Å². The quantitative estimate of drug-likeness (QED) is 0.627. The number of benzene rings is 1. The second-order valence-corrected chi connectivity index (χ2v) is 4.33. The average Bonchev–Trinajstić information content (AvgIpc) is 2.38. The molecular formula is C12H15N3O3. The van der Waals surface area contributed by atoms with Crippen LogP contribution in [0.4, 0.5) is 5.69 Å². The fourth-order valence-corrected chi connectivity index (χ4v) is 2.11. The van der Waals surface area contributed by atoms with Crippen LogP contribution in [0.25, 0.3) is 0 Å². The van der Waals surface area contributed by atoms with E-state index in [-0.39, 0.29) is 23.2 Å². The molecule has 1 aliphatic rings. The van der Waals surface area contributed by atoms with Crippen molar-refractivity contribution < 1.29 is 9.72 Å². The van der Waals surface area contributed by atoms with Crippen LogP contribution in [0.2, 0.25) is 0 Å². The fraction of sp³-hybridized carbons (Fsp3) is 0.417. The minimum Gasteiger partial charge on any atom is -0.333 e. The number of amides is 1. The van der Waals surface area contributed by atoms with Crippen LogP contribution in [0.5, 0.6) is 0 Å². The molecule has 0 aromatic heterocycles. The monoisotopic (exact) mass is 249 g/mol. The number of para-hydroxylation sites is 1. The Morgan fingerprint density at radius 3 is 2.89 bits per heavy atom. The fourth-order valence-electron chi connectivity index (χ4n) is 2.11. The topological polar surface area (TPSA) is 75.5 Å². The maximum atomic E-state index is 12.3. The molecule has 1 atom stereocenters. The lowest BCUT2D eigenvalue weighted by molar-refractivity contribution is -0.385. The lowest BCUT2D eigenvalue weighted by Gasteiger charge is -2.33. The summed E-state index contributed by atoms with van der Waals surface area (Å²) < 4.78 is 0. The Hall–Kier alpha value is -1.95. The molecule has 96 valence electrons. The van der Waals surface area contributed by atoms with Gasteiger partial charge in [0, 0.05) is 31.7 Å². The van der Waals surface area contributed by atoms with E-state index < -0.39 is 4.92 Å². The first-order chi connectivity index (χ1) is 8.61. The van der Waals surface area contributed by atoms with E-state index in [4.69, 9.17) is 0 Å². The summed E-state index contributed by atoms with van der Waals surface area (Å²) in [5, 5.41) is 14.1. The van der Waals surface area contributed by atoms with Crippen molar-refractivity contribution in [1.29, 1.82) is 0 Å². The molecule has 1 N–H and O–H groups in total. The Bertz CT molecular complexity index is 475. The lowest BCUT2D eigenvalue weighted by Crippen LogP contribution is -2.52. The number of nitro groups is 1. The van der Waals surface area contributed by atoms with E-state index >= 15 is 0 Å². The molecule has 0 saturated carbocycles. The van der Waals surface area contributed by atoms with Gasteiger partial charge >= 0.3 is 0 Å². The minimum atomic E-state index is -0.514. The molecule has 6 nitrogen and oxygen atoms in total. The van der Waals surface area contributed by atoms with Gasteiger partial charge in [0.2, 0.25) is 0 Å². The molecule has 1 saturated heterocycles. The van der Waals surface area contributed by atoms with E-state index in [1.54, 1.807) is 17.0 Å². The number of hydrogen-bond acceptors (Lipinski definition) is 4. The molecule has 6 heteroatoms. The number of nitrogens with one attached hydrogen (secondary N) is 1. The highest BCUT2D eigenvalue weighted by atomic mass is 16.6. The van der Waals surface area contributed by atoms with E-state index in [0.29, 0.717) is 13.1 Å². The number of hydrogen-bond donors (Lipinski definition) is 1. The highest BCUT2D eigenvalue weighted by Crippen LogP contribution is 2.20. The third-order valence-electron chi connectivity index (χ3n) is 3.09. The Balaban J connectivity index is 2.30. The van der Waals surface area contributed by atoms with Crippen LogP contribution in [0.15, 0.2) is 24.3 Å². The van der Waals surface area contributed by atoms with Crippen LogP contribution >= 0.6 is 0 Å². The number of rotatable bonds is 2. The van der Waals surface area contributed by atoms with Gasteiger partial charge in [-0.05, 0) is 13.0 Å². The minimum absolute atomic E-state index is 0.0473. The summed E-state index contributed by atoms with van der Waals surface area (Å²) in [5.41, 5.74) is 0.0319. The Labute approximate surface area is 105 Å². The maximum Gasteiger partial charge on any atom is 0.282 e. The summed E-state index contributed by atoms with van der Waals surface area (Å²) in [6.45, 7) is 3.94. The van der Waals surface area contributed by atoms with Crippen molar-refractivity contribution >= 4 is 11.6 Å². The van der Waals surface area contributed by atoms with Gasteiger partial charge in [-0.2, -0.15) is 0 Å². The van der Waals surface area contributed by atoms with Crippen LogP contribution < -0.4 is 5.32 Å². The molecule has 0 spiro atoms. The first kappa shape index (κ1) is 12.5. The summed E-state index contributed by atoms with van der Waals surface area (Å²) in [7, 11) is 0. The largest absolute Gasteiger partial charge is 0.333 e. The maximum absolute atomic E-state index is 12.3. The van der Waals surface area contributed by atoms with Gasteiger partial charge in [0.05, 0.1) is 4.92 Å².